The van der Waals surface area contributed by atoms with Gasteiger partial charge in [0.05, 0.1) is 0 Å². The molecule has 6 aromatic heterocycles. The van der Waals surface area contributed by atoms with E-state index in [4.69, 9.17) is 5.73 Å². The Morgan fingerprint density at radius 3 is 1.33 bits per heavy atom. The summed E-state index contributed by atoms with van der Waals surface area (Å²) in [7, 11) is 0. The molecule has 0 aliphatic rings. The molecular formula is C40H50N10O2. The number of carbonyl (C=O) groups is 2. The molecule has 6 heterocycles. The molecule has 0 aliphatic heterocycles. The van der Waals surface area contributed by atoms with E-state index in [9.17, 15) is 9.59 Å². The number of nitrogen functional groups attached to an aromatic ring is 1. The highest BCUT2D eigenvalue weighted by atomic mass is 16.2. The van der Waals surface area contributed by atoms with Crippen LogP contribution in [0.2, 0.25) is 0 Å². The van der Waals surface area contributed by atoms with Crippen molar-refractivity contribution < 1.29 is 9.59 Å². The highest BCUT2D eigenvalue weighted by Crippen LogP contribution is 2.15. The zero-order valence-electron chi connectivity index (χ0n) is 30.9. The van der Waals surface area contributed by atoms with E-state index in [2.05, 4.69) is 59.7 Å². The van der Waals surface area contributed by atoms with Crippen molar-refractivity contribution in [2.24, 2.45) is 0 Å². The fraction of sp³-hybridized carbons (Fsp3) is 0.350. The minimum absolute atomic E-state index is 0.158. The number of rotatable bonds is 12. The molecule has 5 N–H and O–H groups in total. The summed E-state index contributed by atoms with van der Waals surface area (Å²) < 4.78 is 0. The highest BCUT2D eigenvalue weighted by molar-refractivity contribution is 5.92. The number of unbranched alkanes of at least 4 members (excludes halogenated alkanes) is 4. The third-order valence-electron chi connectivity index (χ3n) is 7.90. The van der Waals surface area contributed by atoms with Crippen LogP contribution < -0.4 is 21.7 Å². The van der Waals surface area contributed by atoms with Crippen LogP contribution in [-0.2, 0) is 9.59 Å². The minimum atomic E-state index is -0.158. The van der Waals surface area contributed by atoms with Crippen molar-refractivity contribution in [3.63, 3.8) is 0 Å². The number of aryl methyl sites for hydroxylation is 3. The van der Waals surface area contributed by atoms with Crippen LogP contribution in [0, 0.1) is 20.8 Å². The average molecular weight is 703 g/mol. The third kappa shape index (κ3) is 12.9. The van der Waals surface area contributed by atoms with E-state index in [1.54, 1.807) is 18.2 Å². The number of nitrogens with two attached hydrogens (primary N) is 1. The zero-order valence-corrected chi connectivity index (χ0v) is 30.9. The van der Waals surface area contributed by atoms with E-state index in [0.29, 0.717) is 41.8 Å². The smallest absolute Gasteiger partial charge is 0.226 e. The predicted molar refractivity (Wildman–Crippen MR) is 211 cm³/mol. The number of pyridine rings is 6. The molecular weight excluding hydrogens is 653 g/mol. The molecule has 0 saturated carbocycles. The van der Waals surface area contributed by atoms with Crippen LogP contribution in [-0.4, -0.2) is 54.8 Å². The molecule has 0 spiro atoms. The maximum absolute atomic E-state index is 12.2. The molecule has 2 amide bonds. The number of anilines is 3. The molecule has 12 nitrogen and oxygen atoms in total. The molecule has 0 saturated heterocycles. The minimum Gasteiger partial charge on any atom is -0.384 e. The molecule has 0 unspecified atom stereocenters. The summed E-state index contributed by atoms with van der Waals surface area (Å²) in [5.74, 6) is 1.14. The molecule has 0 aliphatic carbocycles. The van der Waals surface area contributed by atoms with Crippen molar-refractivity contribution >= 4 is 62.4 Å². The van der Waals surface area contributed by atoms with E-state index in [1.807, 2.05) is 75.4 Å². The largest absolute Gasteiger partial charge is 0.384 e. The number of nitrogens with one attached hydrogen (secondary N) is 3. The summed E-state index contributed by atoms with van der Waals surface area (Å²) in [5.41, 5.74) is 10.1. The molecule has 0 fully saturated rings. The number of aromatic nitrogens is 6. The average Bonchev–Trinajstić information content (AvgIpc) is 3.11. The van der Waals surface area contributed by atoms with E-state index >= 15 is 0 Å². The SMILES string of the molecule is CCCCCCC.Cc1ccc2ccc(N)nc2n1.Cc1ccc2ccc(NC(=O)CCNCCC(=O)Nc3ccc4ccc(C)nc4n3)nc2n1. The molecule has 6 aromatic rings. The van der Waals surface area contributed by atoms with Crippen LogP contribution >= 0.6 is 0 Å². The van der Waals surface area contributed by atoms with Crippen LogP contribution in [0.25, 0.3) is 33.1 Å². The Hall–Kier alpha value is -5.62. The van der Waals surface area contributed by atoms with Gasteiger partial charge >= 0.3 is 0 Å². The Morgan fingerprint density at radius 2 is 0.904 bits per heavy atom. The Morgan fingerprint density at radius 1 is 0.519 bits per heavy atom. The first kappa shape index (κ1) is 39.2. The second-order valence-corrected chi connectivity index (χ2v) is 12.5. The molecule has 0 atom stereocenters. The topological polar surface area (TPSA) is 174 Å². The van der Waals surface area contributed by atoms with E-state index in [0.717, 1.165) is 38.9 Å². The van der Waals surface area contributed by atoms with E-state index in [-0.39, 0.29) is 24.7 Å². The number of carbonyl (C=O) groups excluding carboxylic acids is 2. The van der Waals surface area contributed by atoms with Gasteiger partial charge in [-0.1, -0.05) is 46.0 Å². The van der Waals surface area contributed by atoms with Crippen molar-refractivity contribution in [3.8, 4) is 0 Å². The summed E-state index contributed by atoms with van der Waals surface area (Å²) in [4.78, 5) is 50.2. The molecule has 0 bridgehead atoms. The van der Waals surface area contributed by atoms with Gasteiger partial charge in [0.15, 0.2) is 16.9 Å². The van der Waals surface area contributed by atoms with Crippen molar-refractivity contribution in [1.82, 2.24) is 35.2 Å². The first-order chi connectivity index (χ1) is 25.1. The molecule has 6 rings (SSSR count). The fourth-order valence-corrected chi connectivity index (χ4v) is 5.05. The lowest BCUT2D eigenvalue weighted by atomic mass is 10.2. The Bertz CT molecular complexity index is 1940. The van der Waals surface area contributed by atoms with Crippen LogP contribution in [0.4, 0.5) is 17.5 Å². The number of amides is 2. The van der Waals surface area contributed by atoms with Crippen molar-refractivity contribution in [1.29, 1.82) is 0 Å². The number of hydrogen-bond acceptors (Lipinski definition) is 10. The van der Waals surface area contributed by atoms with E-state index in [1.165, 1.54) is 32.1 Å². The van der Waals surface area contributed by atoms with E-state index < -0.39 is 0 Å². The quantitative estimate of drug-likeness (QED) is 0.0929. The molecule has 272 valence electrons. The van der Waals surface area contributed by atoms with Crippen LogP contribution in [0.15, 0.2) is 72.8 Å². The zero-order chi connectivity index (χ0) is 37.3. The predicted octanol–water partition coefficient (Wildman–Crippen LogP) is 7.63. The van der Waals surface area contributed by atoms with Crippen LogP contribution in [0.5, 0.6) is 0 Å². The van der Waals surface area contributed by atoms with Gasteiger partial charge in [0.2, 0.25) is 11.8 Å². The second kappa shape index (κ2) is 20.3. The number of nitrogens with zero attached hydrogens (tertiary/aromatic N) is 6. The summed E-state index contributed by atoms with van der Waals surface area (Å²) in [6.07, 6.45) is 7.54. The molecule has 0 aromatic carbocycles. The Kier molecular flexibility index (Phi) is 15.3. The van der Waals surface area contributed by atoms with Crippen LogP contribution in [0.1, 0.15) is 75.9 Å². The first-order valence-corrected chi connectivity index (χ1v) is 17.9. The standard InChI is InChI=1S/C24H25N7O2.C9H9N3.C7H16/c1-15-3-5-17-7-9-19(30-23(17)26-15)28-21(32)11-13-25-14-12-22(33)29-20-10-8-18-6-4-16(2)27-24(18)31-20;1-6-2-3-7-4-5-8(10)12-9(7)11-6;1-3-5-7-6-4-2/h3-10,25H,11-14H2,1-2H3,(H,26,28,30,32)(H,27,29,31,33);2-5H,1H3,(H2,10,11,12);3-7H2,1-2H3. The summed E-state index contributed by atoms with van der Waals surface area (Å²) in [6.45, 7) is 11.1. The summed E-state index contributed by atoms with van der Waals surface area (Å²) in [5, 5.41) is 11.5. The normalized spacial score (nSPS) is 10.6. The molecule has 12 heteroatoms. The van der Waals surface area contributed by atoms with Gasteiger partial charge in [-0.15, -0.1) is 0 Å². The van der Waals surface area contributed by atoms with Gasteiger partial charge in [0.1, 0.15) is 17.5 Å². The highest BCUT2D eigenvalue weighted by Gasteiger charge is 2.08. The second-order valence-electron chi connectivity index (χ2n) is 12.5. The van der Waals surface area contributed by atoms with Gasteiger partial charge in [-0.3, -0.25) is 9.59 Å². The number of fused-ring (bicyclic) bond motifs is 3. The summed E-state index contributed by atoms with van der Waals surface area (Å²) in [6, 6.07) is 22.7. The molecule has 52 heavy (non-hydrogen) atoms. The maximum atomic E-state index is 12.2. The lowest BCUT2D eigenvalue weighted by molar-refractivity contribution is -0.116. The Labute approximate surface area is 305 Å². The lowest BCUT2D eigenvalue weighted by Crippen LogP contribution is -2.26. The van der Waals surface area contributed by atoms with Gasteiger partial charge in [-0.25, -0.2) is 29.9 Å². The molecule has 0 radical (unpaired) electrons. The van der Waals surface area contributed by atoms with Crippen molar-refractivity contribution in [3.05, 3.63) is 89.9 Å². The maximum Gasteiger partial charge on any atom is 0.226 e. The first-order valence-electron chi connectivity index (χ1n) is 17.9. The number of hydrogen-bond donors (Lipinski definition) is 4. The van der Waals surface area contributed by atoms with Gasteiger partial charge in [-0.05, 0) is 93.6 Å². The van der Waals surface area contributed by atoms with Gasteiger partial charge in [0.25, 0.3) is 0 Å². The van der Waals surface area contributed by atoms with Gasteiger partial charge < -0.3 is 21.7 Å². The fourth-order valence-electron chi connectivity index (χ4n) is 5.05. The van der Waals surface area contributed by atoms with Gasteiger partial charge in [-0.2, -0.15) is 0 Å². The van der Waals surface area contributed by atoms with Crippen molar-refractivity contribution in [2.75, 3.05) is 29.5 Å². The monoisotopic (exact) mass is 702 g/mol. The summed E-state index contributed by atoms with van der Waals surface area (Å²) >= 11 is 0. The van der Waals surface area contributed by atoms with Crippen molar-refractivity contribution in [2.45, 2.75) is 79.6 Å². The van der Waals surface area contributed by atoms with Crippen LogP contribution in [0.3, 0.4) is 0 Å². The lowest BCUT2D eigenvalue weighted by Gasteiger charge is -2.08. The Balaban J connectivity index is 0.000000259. The third-order valence-corrected chi connectivity index (χ3v) is 7.90. The van der Waals surface area contributed by atoms with Gasteiger partial charge in [0, 0.05) is 59.2 Å².